The van der Waals surface area contributed by atoms with Gasteiger partial charge in [-0.1, -0.05) is 6.07 Å². The molecule has 138 valence electrons. The van der Waals surface area contributed by atoms with Crippen LogP contribution in [0.5, 0.6) is 0 Å². The predicted octanol–water partition coefficient (Wildman–Crippen LogP) is 4.96. The van der Waals surface area contributed by atoms with E-state index in [0.717, 1.165) is 37.3 Å². The van der Waals surface area contributed by atoms with E-state index in [1.165, 1.54) is 43.6 Å². The van der Waals surface area contributed by atoms with Gasteiger partial charge in [0.1, 0.15) is 5.69 Å². The molecular weight excluding hydrogens is 345 g/mol. The molecule has 0 unspecified atom stereocenters. The van der Waals surface area contributed by atoms with Crippen molar-refractivity contribution in [3.05, 3.63) is 29.6 Å². The summed E-state index contributed by atoms with van der Waals surface area (Å²) in [6, 6.07) is 3.42. The first-order valence-corrected chi connectivity index (χ1v) is 10.5. The van der Waals surface area contributed by atoms with Gasteiger partial charge in [0, 0.05) is 35.7 Å². The minimum Gasteiger partial charge on any atom is -0.300 e. The molecule has 1 aliphatic carbocycles. The quantitative estimate of drug-likeness (QED) is 0.732. The van der Waals surface area contributed by atoms with E-state index in [-0.39, 0.29) is 0 Å². The van der Waals surface area contributed by atoms with Crippen LogP contribution >= 0.6 is 11.8 Å². The third kappa shape index (κ3) is 3.70. The smallest absolute Gasteiger partial charge is 0.300 e. The maximum absolute atomic E-state index is 12.6. The molecule has 2 saturated heterocycles. The van der Waals surface area contributed by atoms with Gasteiger partial charge in [-0.2, -0.15) is 24.9 Å². The lowest BCUT2D eigenvalue weighted by Crippen LogP contribution is -2.54. The molecule has 6 heteroatoms. The highest BCUT2D eigenvalue weighted by molar-refractivity contribution is 8.00. The highest BCUT2D eigenvalue weighted by Gasteiger charge is 2.43. The van der Waals surface area contributed by atoms with Crippen molar-refractivity contribution in [3.8, 4) is 0 Å². The fourth-order valence-electron chi connectivity index (χ4n) is 4.77. The number of likely N-dealkylation sites (tertiary alicyclic amines) is 1. The summed E-state index contributed by atoms with van der Waals surface area (Å²) in [5.74, 6) is 3.02. The third-order valence-electron chi connectivity index (χ3n) is 6.27. The molecule has 2 aliphatic heterocycles. The SMILES string of the molecule is FC(F)(F)c1ccc(C2CCC(N3CCCC4(CSC4)C3)CC2)cn1. The zero-order chi connectivity index (χ0) is 17.5. The fraction of sp³-hybridized carbons (Fsp3) is 0.737. The number of thioether (sulfide) groups is 1. The molecule has 0 atom stereocenters. The summed E-state index contributed by atoms with van der Waals surface area (Å²) in [5.41, 5.74) is 0.774. The topological polar surface area (TPSA) is 16.1 Å². The Balaban J connectivity index is 1.33. The molecule has 0 radical (unpaired) electrons. The van der Waals surface area contributed by atoms with Crippen molar-refractivity contribution in [2.24, 2.45) is 5.41 Å². The molecule has 0 amide bonds. The van der Waals surface area contributed by atoms with Crippen LogP contribution in [0.2, 0.25) is 0 Å². The molecule has 1 saturated carbocycles. The molecular formula is C19H25F3N2S. The summed E-state index contributed by atoms with van der Waals surface area (Å²) >= 11 is 2.08. The molecule has 3 aliphatic rings. The van der Waals surface area contributed by atoms with Gasteiger partial charge in [0.25, 0.3) is 0 Å². The first-order chi connectivity index (χ1) is 12.0. The Morgan fingerprint density at radius 3 is 2.44 bits per heavy atom. The van der Waals surface area contributed by atoms with E-state index in [2.05, 4.69) is 21.6 Å². The van der Waals surface area contributed by atoms with Crippen LogP contribution in [0.3, 0.4) is 0 Å². The number of halogens is 3. The molecule has 1 aromatic heterocycles. The number of alkyl halides is 3. The Morgan fingerprint density at radius 1 is 1.12 bits per heavy atom. The van der Waals surface area contributed by atoms with Gasteiger partial charge < -0.3 is 0 Å². The summed E-state index contributed by atoms with van der Waals surface area (Å²) in [7, 11) is 0. The van der Waals surface area contributed by atoms with Crippen LogP contribution in [0, 0.1) is 5.41 Å². The molecule has 2 nitrogen and oxygen atoms in total. The number of hydrogen-bond donors (Lipinski definition) is 0. The van der Waals surface area contributed by atoms with Crippen LogP contribution in [-0.2, 0) is 6.18 Å². The molecule has 1 spiro atoms. The molecule has 1 aromatic rings. The predicted molar refractivity (Wildman–Crippen MR) is 94.8 cm³/mol. The number of pyridine rings is 1. The van der Waals surface area contributed by atoms with Crippen molar-refractivity contribution < 1.29 is 13.2 Å². The average molecular weight is 370 g/mol. The summed E-state index contributed by atoms with van der Waals surface area (Å²) in [4.78, 5) is 6.35. The maximum atomic E-state index is 12.6. The first kappa shape index (κ1) is 17.7. The van der Waals surface area contributed by atoms with E-state index < -0.39 is 11.9 Å². The largest absolute Gasteiger partial charge is 0.433 e. The number of hydrogen-bond acceptors (Lipinski definition) is 3. The lowest BCUT2D eigenvalue weighted by Gasteiger charge is -2.51. The summed E-state index contributed by atoms with van der Waals surface area (Å²) in [6.07, 6.45) is 4.26. The second kappa shape index (κ2) is 6.76. The van der Waals surface area contributed by atoms with Gasteiger partial charge in [-0.05, 0) is 62.6 Å². The number of aromatic nitrogens is 1. The number of rotatable bonds is 2. The van der Waals surface area contributed by atoms with Crippen molar-refractivity contribution in [1.82, 2.24) is 9.88 Å². The van der Waals surface area contributed by atoms with Crippen LogP contribution < -0.4 is 0 Å². The molecule has 0 N–H and O–H groups in total. The zero-order valence-electron chi connectivity index (χ0n) is 14.4. The van der Waals surface area contributed by atoms with Crippen LogP contribution in [0.1, 0.15) is 55.7 Å². The normalized spacial score (nSPS) is 30.2. The van der Waals surface area contributed by atoms with Gasteiger partial charge in [-0.15, -0.1) is 0 Å². The fourth-order valence-corrected chi connectivity index (χ4v) is 6.03. The zero-order valence-corrected chi connectivity index (χ0v) is 15.2. The Morgan fingerprint density at radius 2 is 1.88 bits per heavy atom. The molecule has 25 heavy (non-hydrogen) atoms. The van der Waals surface area contributed by atoms with Crippen LogP contribution in [0.15, 0.2) is 18.3 Å². The maximum Gasteiger partial charge on any atom is 0.433 e. The van der Waals surface area contributed by atoms with Gasteiger partial charge in [0.2, 0.25) is 0 Å². The lowest BCUT2D eigenvalue weighted by molar-refractivity contribution is -0.141. The van der Waals surface area contributed by atoms with E-state index in [9.17, 15) is 13.2 Å². The van der Waals surface area contributed by atoms with E-state index in [4.69, 9.17) is 0 Å². The number of nitrogens with zero attached hydrogens (tertiary/aromatic N) is 2. The summed E-state index contributed by atoms with van der Waals surface area (Å²) < 4.78 is 37.9. The van der Waals surface area contributed by atoms with E-state index in [1.54, 1.807) is 6.07 Å². The van der Waals surface area contributed by atoms with Gasteiger partial charge >= 0.3 is 6.18 Å². The monoisotopic (exact) mass is 370 g/mol. The highest BCUT2D eigenvalue weighted by Crippen LogP contribution is 2.46. The Bertz CT molecular complexity index is 590. The average Bonchev–Trinajstić information content (AvgIpc) is 2.60. The standard InChI is InChI=1S/C19H25F3N2S/c20-19(21,22)17-7-4-15(10-23-17)14-2-5-16(6-3-14)24-9-1-8-18(11-24)12-25-13-18/h4,7,10,14,16H,1-3,5-6,8-9,11-13H2. The Kier molecular flexibility index (Phi) is 4.78. The Labute approximate surface area is 151 Å². The van der Waals surface area contributed by atoms with Gasteiger partial charge in [-0.3, -0.25) is 9.88 Å². The Hall–Kier alpha value is -0.750. The minimum atomic E-state index is -4.35. The molecule has 4 rings (SSSR count). The van der Waals surface area contributed by atoms with Crippen molar-refractivity contribution in [1.29, 1.82) is 0 Å². The summed E-state index contributed by atoms with van der Waals surface area (Å²) in [6.45, 7) is 2.49. The highest BCUT2D eigenvalue weighted by atomic mass is 32.2. The van der Waals surface area contributed by atoms with Crippen LogP contribution in [0.25, 0.3) is 0 Å². The minimum absolute atomic E-state index is 0.365. The lowest BCUT2D eigenvalue weighted by atomic mass is 9.78. The van der Waals surface area contributed by atoms with Gasteiger partial charge in [0.05, 0.1) is 0 Å². The van der Waals surface area contributed by atoms with Crippen molar-refractivity contribution in [3.63, 3.8) is 0 Å². The van der Waals surface area contributed by atoms with Gasteiger partial charge in [0.15, 0.2) is 0 Å². The molecule has 3 heterocycles. The van der Waals surface area contributed by atoms with E-state index in [0.29, 0.717) is 17.4 Å². The van der Waals surface area contributed by atoms with Crippen molar-refractivity contribution in [2.75, 3.05) is 24.6 Å². The second-order valence-electron chi connectivity index (χ2n) is 8.05. The third-order valence-corrected chi connectivity index (χ3v) is 7.90. The molecule has 0 aromatic carbocycles. The van der Waals surface area contributed by atoms with Crippen molar-refractivity contribution >= 4 is 11.8 Å². The van der Waals surface area contributed by atoms with E-state index in [1.807, 2.05) is 0 Å². The molecule has 3 fully saturated rings. The van der Waals surface area contributed by atoms with Crippen molar-refractivity contribution in [2.45, 2.75) is 56.7 Å². The number of piperidine rings is 1. The second-order valence-corrected chi connectivity index (χ2v) is 9.03. The summed E-state index contributed by atoms with van der Waals surface area (Å²) in [5, 5.41) is 0. The molecule has 0 bridgehead atoms. The van der Waals surface area contributed by atoms with Crippen LogP contribution in [0.4, 0.5) is 13.2 Å². The van der Waals surface area contributed by atoms with Crippen LogP contribution in [-0.4, -0.2) is 40.5 Å². The first-order valence-electron chi connectivity index (χ1n) is 9.30. The van der Waals surface area contributed by atoms with E-state index >= 15 is 0 Å². The van der Waals surface area contributed by atoms with Gasteiger partial charge in [-0.25, -0.2) is 0 Å².